The van der Waals surface area contributed by atoms with Crippen LogP contribution in [0.15, 0.2) is 47.5 Å². The number of pyridine rings is 2. The minimum Gasteiger partial charge on any atom is -0.394 e. The first-order valence-corrected chi connectivity index (χ1v) is 11.6. The van der Waals surface area contributed by atoms with Gasteiger partial charge in [0.2, 0.25) is 0 Å². The summed E-state index contributed by atoms with van der Waals surface area (Å²) in [7, 11) is 0. The van der Waals surface area contributed by atoms with Crippen LogP contribution in [-0.2, 0) is 0 Å². The third-order valence-corrected chi connectivity index (χ3v) is 6.84. The van der Waals surface area contributed by atoms with Gasteiger partial charge >= 0.3 is 6.18 Å². The van der Waals surface area contributed by atoms with Crippen LogP contribution in [0.2, 0.25) is 0 Å². The Balaban J connectivity index is 1.57. The maximum absolute atomic E-state index is 14.4. The number of aromatic amines is 2. The third-order valence-electron chi connectivity index (χ3n) is 6.84. The molecule has 37 heavy (non-hydrogen) atoms. The summed E-state index contributed by atoms with van der Waals surface area (Å²) in [6.45, 7) is 0.291. The molecule has 1 fully saturated rings. The maximum Gasteiger partial charge on any atom is 0.401 e. The molecule has 0 aliphatic carbocycles. The second-order valence-electron chi connectivity index (χ2n) is 9.09. The van der Waals surface area contributed by atoms with E-state index in [0.717, 1.165) is 11.1 Å². The molecular formula is C25H21F4N7O. The van der Waals surface area contributed by atoms with Crippen molar-refractivity contribution in [3.8, 4) is 11.1 Å². The highest BCUT2D eigenvalue weighted by Crippen LogP contribution is 2.41. The Morgan fingerprint density at radius 1 is 1.03 bits per heavy atom. The number of nitrogens with two attached hydrogens (primary N) is 1. The first-order chi connectivity index (χ1) is 17.7. The fourth-order valence-corrected chi connectivity index (χ4v) is 5.16. The summed E-state index contributed by atoms with van der Waals surface area (Å²) in [5.74, 6) is -0.492. The van der Waals surface area contributed by atoms with E-state index < -0.39 is 24.1 Å². The minimum atomic E-state index is -4.26. The van der Waals surface area contributed by atoms with E-state index in [1.165, 1.54) is 17.2 Å². The van der Waals surface area contributed by atoms with E-state index in [1.54, 1.807) is 18.3 Å². The number of fused-ring (bicyclic) bond motifs is 4. The molecule has 4 heterocycles. The Labute approximate surface area is 206 Å². The van der Waals surface area contributed by atoms with Crippen LogP contribution in [0.3, 0.4) is 0 Å². The Bertz CT molecular complexity index is 1720. The fraction of sp³-hybridized carbons (Fsp3) is 0.240. The van der Waals surface area contributed by atoms with Crippen molar-refractivity contribution in [1.82, 2.24) is 25.1 Å². The molecule has 5 aromatic rings. The van der Waals surface area contributed by atoms with E-state index in [0.29, 0.717) is 46.0 Å². The summed E-state index contributed by atoms with van der Waals surface area (Å²) in [6, 6.07) is 8.33. The maximum atomic E-state index is 14.4. The number of halogens is 4. The van der Waals surface area contributed by atoms with Crippen LogP contribution in [0, 0.1) is 5.82 Å². The monoisotopic (exact) mass is 511 g/mol. The Morgan fingerprint density at radius 2 is 1.81 bits per heavy atom. The first kappa shape index (κ1) is 23.2. The quantitative estimate of drug-likeness (QED) is 0.250. The number of benzene rings is 2. The molecule has 190 valence electrons. The van der Waals surface area contributed by atoms with Gasteiger partial charge in [-0.2, -0.15) is 18.3 Å². The number of hydrogen-bond acceptors (Lipinski definition) is 6. The molecule has 12 heteroatoms. The summed E-state index contributed by atoms with van der Waals surface area (Å²) in [6.07, 6.45) is -1.18. The number of nitrogens with zero attached hydrogens (tertiary/aromatic N) is 4. The molecule has 0 atom stereocenters. The van der Waals surface area contributed by atoms with Gasteiger partial charge in [-0.15, -0.1) is 0 Å². The summed E-state index contributed by atoms with van der Waals surface area (Å²) in [5, 5.41) is 8.39. The summed E-state index contributed by atoms with van der Waals surface area (Å²) in [5.41, 5.74) is 8.63. The molecule has 2 aromatic carbocycles. The summed E-state index contributed by atoms with van der Waals surface area (Å²) in [4.78, 5) is 23.7. The molecule has 0 radical (unpaired) electrons. The molecule has 1 aliphatic rings. The van der Waals surface area contributed by atoms with Crippen LogP contribution in [-0.4, -0.2) is 64.0 Å². The summed E-state index contributed by atoms with van der Waals surface area (Å²) < 4.78 is 53.1. The van der Waals surface area contributed by atoms with Gasteiger partial charge in [-0.25, -0.2) is 4.39 Å². The molecule has 1 saturated heterocycles. The second-order valence-corrected chi connectivity index (χ2v) is 9.09. The molecule has 0 bridgehead atoms. The van der Waals surface area contributed by atoms with E-state index in [2.05, 4.69) is 20.2 Å². The highest BCUT2D eigenvalue weighted by Gasteiger charge is 2.32. The van der Waals surface area contributed by atoms with Crippen molar-refractivity contribution in [3.63, 3.8) is 0 Å². The lowest BCUT2D eigenvalue weighted by molar-refractivity contribution is -0.146. The van der Waals surface area contributed by atoms with Crippen LogP contribution in [0.25, 0.3) is 43.8 Å². The van der Waals surface area contributed by atoms with Gasteiger partial charge in [0.25, 0.3) is 5.56 Å². The van der Waals surface area contributed by atoms with Crippen molar-refractivity contribution in [2.75, 3.05) is 43.4 Å². The SMILES string of the molecule is Nc1c(-c2ccc(F)c3[nH]ncc23)c2cc(N3CCN(CC(F)(F)F)CC3)c3cccnc3c2[nH]c1=O. The van der Waals surface area contributed by atoms with Crippen LogP contribution in [0.1, 0.15) is 0 Å². The molecule has 0 amide bonds. The lowest BCUT2D eigenvalue weighted by Crippen LogP contribution is -2.49. The Morgan fingerprint density at radius 3 is 2.57 bits per heavy atom. The number of hydrogen-bond donors (Lipinski definition) is 3. The molecule has 0 saturated carbocycles. The molecule has 0 unspecified atom stereocenters. The van der Waals surface area contributed by atoms with Gasteiger partial charge in [0.15, 0.2) is 0 Å². The van der Waals surface area contributed by atoms with E-state index in [9.17, 15) is 22.4 Å². The molecular weight excluding hydrogens is 490 g/mol. The van der Waals surface area contributed by atoms with Crippen molar-refractivity contribution in [2.45, 2.75) is 6.18 Å². The molecule has 3 aromatic heterocycles. The van der Waals surface area contributed by atoms with Crippen molar-refractivity contribution in [3.05, 3.63) is 58.9 Å². The number of anilines is 2. The fourth-order valence-electron chi connectivity index (χ4n) is 5.16. The normalized spacial score (nSPS) is 15.3. The van der Waals surface area contributed by atoms with E-state index in [4.69, 9.17) is 5.73 Å². The number of piperazine rings is 1. The van der Waals surface area contributed by atoms with Crippen molar-refractivity contribution in [1.29, 1.82) is 0 Å². The zero-order valence-corrected chi connectivity index (χ0v) is 19.4. The highest BCUT2D eigenvalue weighted by molar-refractivity contribution is 6.17. The lowest BCUT2D eigenvalue weighted by Gasteiger charge is -2.37. The number of rotatable bonds is 3. The Kier molecular flexibility index (Phi) is 5.30. The second kappa shape index (κ2) is 8.44. The Hall–Kier alpha value is -4.19. The van der Waals surface area contributed by atoms with E-state index >= 15 is 0 Å². The third kappa shape index (κ3) is 3.93. The zero-order valence-electron chi connectivity index (χ0n) is 19.4. The molecule has 0 spiro atoms. The van der Waals surface area contributed by atoms with E-state index in [1.807, 2.05) is 17.0 Å². The van der Waals surface area contributed by atoms with E-state index in [-0.39, 0.29) is 24.3 Å². The molecule has 1 aliphatic heterocycles. The number of nitrogen functional groups attached to an aromatic ring is 1. The van der Waals surface area contributed by atoms with Crippen molar-refractivity contribution in [2.24, 2.45) is 0 Å². The lowest BCUT2D eigenvalue weighted by atomic mass is 9.94. The number of nitrogens with one attached hydrogen (secondary N) is 2. The standard InChI is InChI=1S/C25H21F4N7O/c26-17-4-3-13(16-11-32-34-21(16)17)19-15-10-18(36-8-6-35(7-9-36)12-25(27,28)29)14-2-1-5-31-22(14)23(15)33-24(37)20(19)30/h1-5,10-11H,6-9,12,30H2,(H,32,34)(H,33,37). The number of aromatic nitrogens is 4. The highest BCUT2D eigenvalue weighted by atomic mass is 19.4. The predicted octanol–water partition coefficient (Wildman–Crippen LogP) is 4.03. The van der Waals surface area contributed by atoms with Crippen LogP contribution in [0.4, 0.5) is 28.9 Å². The number of H-pyrrole nitrogens is 2. The topological polar surface area (TPSA) is 107 Å². The van der Waals surface area contributed by atoms with Crippen LogP contribution >= 0.6 is 0 Å². The average molecular weight is 511 g/mol. The van der Waals surface area contributed by atoms with Gasteiger partial charge in [0.1, 0.15) is 17.0 Å². The smallest absolute Gasteiger partial charge is 0.394 e. The van der Waals surface area contributed by atoms with Crippen molar-refractivity contribution >= 4 is 44.1 Å². The molecule has 6 rings (SSSR count). The van der Waals surface area contributed by atoms with Gasteiger partial charge in [-0.3, -0.25) is 19.8 Å². The molecule has 8 nitrogen and oxygen atoms in total. The van der Waals surface area contributed by atoms with Gasteiger partial charge in [0, 0.05) is 59.8 Å². The van der Waals surface area contributed by atoms with Crippen LogP contribution in [0.5, 0.6) is 0 Å². The van der Waals surface area contributed by atoms with Gasteiger partial charge < -0.3 is 15.6 Å². The largest absolute Gasteiger partial charge is 0.401 e. The summed E-state index contributed by atoms with van der Waals surface area (Å²) >= 11 is 0. The van der Waals surface area contributed by atoms with Gasteiger partial charge in [-0.05, 0) is 29.8 Å². The zero-order chi connectivity index (χ0) is 25.9. The predicted molar refractivity (Wildman–Crippen MR) is 134 cm³/mol. The van der Waals surface area contributed by atoms with Gasteiger partial charge in [-0.1, -0.05) is 6.07 Å². The molecule has 4 N–H and O–H groups in total. The first-order valence-electron chi connectivity index (χ1n) is 11.6. The van der Waals surface area contributed by atoms with Crippen LogP contribution < -0.4 is 16.2 Å². The number of alkyl halides is 3. The van der Waals surface area contributed by atoms with Gasteiger partial charge in [0.05, 0.1) is 23.8 Å². The van der Waals surface area contributed by atoms with Crippen molar-refractivity contribution < 1.29 is 17.6 Å². The average Bonchev–Trinajstić information content (AvgIpc) is 3.36. The minimum absolute atomic E-state index is 0.0437.